The molecule has 0 saturated heterocycles. The molecule has 0 bridgehead atoms. The summed E-state index contributed by atoms with van der Waals surface area (Å²) < 4.78 is 0. The number of phenolic OH excluding ortho intramolecular Hbond substituents is 2. The summed E-state index contributed by atoms with van der Waals surface area (Å²) in [5.41, 5.74) is 1.93. The van der Waals surface area contributed by atoms with Gasteiger partial charge in [0.25, 0.3) is 0 Å². The van der Waals surface area contributed by atoms with E-state index >= 15 is 0 Å². The van der Waals surface area contributed by atoms with Gasteiger partial charge in [0, 0.05) is 5.56 Å². The van der Waals surface area contributed by atoms with E-state index in [9.17, 15) is 10.2 Å². The molecule has 0 radical (unpaired) electrons. The molecule has 0 aliphatic heterocycles. The zero-order valence-electron chi connectivity index (χ0n) is 12.6. The highest BCUT2D eigenvalue weighted by Gasteiger charge is 2.05. The Balaban J connectivity index is 1.85. The van der Waals surface area contributed by atoms with E-state index in [-0.39, 0.29) is 11.5 Å². The molecular formula is C19H16N2O2. The molecule has 0 aliphatic rings. The van der Waals surface area contributed by atoms with Gasteiger partial charge in [0.1, 0.15) is 11.5 Å². The summed E-state index contributed by atoms with van der Waals surface area (Å²) in [5, 5.41) is 29.8. The predicted octanol–water partition coefficient (Wildman–Crippen LogP) is 4.09. The maximum absolute atomic E-state index is 9.80. The van der Waals surface area contributed by atoms with Gasteiger partial charge in [0.05, 0.1) is 11.9 Å². The second-order valence-corrected chi connectivity index (χ2v) is 5.24. The predicted molar refractivity (Wildman–Crippen MR) is 93.5 cm³/mol. The molecule has 4 nitrogen and oxygen atoms in total. The summed E-state index contributed by atoms with van der Waals surface area (Å²) in [6, 6.07) is 18.5. The van der Waals surface area contributed by atoms with Crippen LogP contribution in [0.5, 0.6) is 11.5 Å². The van der Waals surface area contributed by atoms with Crippen LogP contribution in [0.2, 0.25) is 0 Å². The number of benzene rings is 3. The molecule has 0 amide bonds. The fraction of sp³-hybridized carbons (Fsp3) is 0.0526. The highest BCUT2D eigenvalue weighted by molar-refractivity contribution is 6.01. The summed E-state index contributed by atoms with van der Waals surface area (Å²) in [6.45, 7) is 1.73. The third-order valence-corrected chi connectivity index (χ3v) is 3.56. The first kappa shape index (κ1) is 14.8. The number of nitrogens with zero attached hydrogens (tertiary/aromatic N) is 2. The van der Waals surface area contributed by atoms with Gasteiger partial charge in [0.2, 0.25) is 0 Å². The van der Waals surface area contributed by atoms with Gasteiger partial charge < -0.3 is 10.2 Å². The Morgan fingerprint density at radius 1 is 0.913 bits per heavy atom. The molecule has 23 heavy (non-hydrogen) atoms. The molecule has 3 aromatic carbocycles. The van der Waals surface area contributed by atoms with E-state index < -0.39 is 0 Å². The Morgan fingerprint density at radius 3 is 2.52 bits per heavy atom. The number of hydrogen-bond acceptors (Lipinski definition) is 4. The van der Waals surface area contributed by atoms with Crippen LogP contribution < -0.4 is 0 Å². The van der Waals surface area contributed by atoms with Crippen LogP contribution in [0.1, 0.15) is 18.1 Å². The van der Waals surface area contributed by atoms with Gasteiger partial charge in [-0.3, -0.25) is 0 Å². The summed E-state index contributed by atoms with van der Waals surface area (Å²) >= 11 is 0. The van der Waals surface area contributed by atoms with Crippen molar-refractivity contribution in [2.24, 2.45) is 10.2 Å². The van der Waals surface area contributed by atoms with Crippen LogP contribution in [0.4, 0.5) is 0 Å². The van der Waals surface area contributed by atoms with Crippen molar-refractivity contribution in [3.63, 3.8) is 0 Å². The van der Waals surface area contributed by atoms with E-state index in [1.165, 1.54) is 23.6 Å². The van der Waals surface area contributed by atoms with Crippen molar-refractivity contribution in [3.05, 3.63) is 71.8 Å². The Morgan fingerprint density at radius 2 is 1.70 bits per heavy atom. The molecule has 0 saturated carbocycles. The minimum atomic E-state index is 0.0601. The molecule has 0 aromatic heterocycles. The van der Waals surface area contributed by atoms with E-state index in [1.807, 2.05) is 36.4 Å². The van der Waals surface area contributed by atoms with Crippen molar-refractivity contribution in [3.8, 4) is 11.5 Å². The van der Waals surface area contributed by atoms with Crippen molar-refractivity contribution >= 4 is 22.7 Å². The zero-order chi connectivity index (χ0) is 16.2. The molecule has 0 heterocycles. The van der Waals surface area contributed by atoms with Crippen molar-refractivity contribution in [1.29, 1.82) is 0 Å². The topological polar surface area (TPSA) is 65.2 Å². The first-order chi connectivity index (χ1) is 11.1. The molecule has 0 unspecified atom stereocenters. The Kier molecular flexibility index (Phi) is 4.06. The van der Waals surface area contributed by atoms with Crippen LogP contribution in [0, 0.1) is 0 Å². The first-order valence-corrected chi connectivity index (χ1v) is 7.22. The minimum absolute atomic E-state index is 0.0601. The number of aromatic hydroxyl groups is 2. The van der Waals surface area contributed by atoms with Crippen molar-refractivity contribution in [1.82, 2.24) is 0 Å². The van der Waals surface area contributed by atoms with E-state index in [2.05, 4.69) is 16.3 Å². The molecular weight excluding hydrogens is 288 g/mol. The van der Waals surface area contributed by atoms with Gasteiger partial charge in [-0.25, -0.2) is 0 Å². The molecule has 114 valence electrons. The lowest BCUT2D eigenvalue weighted by molar-refractivity contribution is 0.459. The van der Waals surface area contributed by atoms with Crippen molar-refractivity contribution in [2.45, 2.75) is 6.92 Å². The first-order valence-electron chi connectivity index (χ1n) is 7.22. The Labute approximate surface area is 134 Å². The number of phenols is 2. The van der Waals surface area contributed by atoms with E-state index in [1.54, 1.807) is 13.1 Å². The van der Waals surface area contributed by atoms with Gasteiger partial charge in [-0.15, -0.1) is 0 Å². The lowest BCUT2D eigenvalue weighted by Gasteiger charge is -2.03. The molecule has 4 heteroatoms. The van der Waals surface area contributed by atoms with Gasteiger partial charge in [0.15, 0.2) is 0 Å². The highest BCUT2D eigenvalue weighted by atomic mass is 16.3. The average Bonchev–Trinajstić information content (AvgIpc) is 2.57. The fourth-order valence-electron chi connectivity index (χ4n) is 2.34. The van der Waals surface area contributed by atoms with Crippen molar-refractivity contribution in [2.75, 3.05) is 0 Å². The van der Waals surface area contributed by atoms with Gasteiger partial charge in [-0.05, 0) is 47.5 Å². The minimum Gasteiger partial charge on any atom is -0.508 e. The molecule has 2 N–H and O–H groups in total. The standard InChI is InChI=1S/C19H16N2O2/c1-13(18-11-17(22)8-9-19(18)23)21-20-12-14-6-7-15-4-2-3-5-16(15)10-14/h2-12,22-23H,1H3. The molecule has 3 rings (SSSR count). The van der Waals surface area contributed by atoms with Crippen LogP contribution >= 0.6 is 0 Å². The fourth-order valence-corrected chi connectivity index (χ4v) is 2.34. The molecule has 0 atom stereocenters. The SMILES string of the molecule is CC(=NN=Cc1ccc2ccccc2c1)c1cc(O)ccc1O. The molecule has 3 aromatic rings. The van der Waals surface area contributed by atoms with Gasteiger partial charge in [-0.1, -0.05) is 36.4 Å². The number of rotatable bonds is 3. The lowest BCUT2D eigenvalue weighted by Crippen LogP contribution is -1.94. The number of fused-ring (bicyclic) bond motifs is 1. The van der Waals surface area contributed by atoms with E-state index in [0.717, 1.165) is 10.9 Å². The molecule has 0 fully saturated rings. The van der Waals surface area contributed by atoms with Gasteiger partial charge >= 0.3 is 0 Å². The van der Waals surface area contributed by atoms with Crippen LogP contribution in [0.3, 0.4) is 0 Å². The monoisotopic (exact) mass is 304 g/mol. The Bertz CT molecular complexity index is 914. The summed E-state index contributed by atoms with van der Waals surface area (Å²) in [6.07, 6.45) is 1.66. The van der Waals surface area contributed by atoms with Crippen LogP contribution in [0.15, 0.2) is 70.9 Å². The smallest absolute Gasteiger partial charge is 0.124 e. The quantitative estimate of drug-likeness (QED) is 0.435. The summed E-state index contributed by atoms with van der Waals surface area (Å²) in [5.74, 6) is 0.135. The highest BCUT2D eigenvalue weighted by Crippen LogP contribution is 2.22. The van der Waals surface area contributed by atoms with E-state index in [4.69, 9.17) is 0 Å². The molecule has 0 aliphatic carbocycles. The van der Waals surface area contributed by atoms with Crippen LogP contribution in [0.25, 0.3) is 10.8 Å². The third kappa shape index (κ3) is 3.37. The molecule has 0 spiro atoms. The van der Waals surface area contributed by atoms with Crippen LogP contribution in [-0.4, -0.2) is 22.1 Å². The summed E-state index contributed by atoms with van der Waals surface area (Å²) in [7, 11) is 0. The van der Waals surface area contributed by atoms with Gasteiger partial charge in [-0.2, -0.15) is 10.2 Å². The van der Waals surface area contributed by atoms with Crippen molar-refractivity contribution < 1.29 is 10.2 Å². The lowest BCUT2D eigenvalue weighted by atomic mass is 10.1. The average molecular weight is 304 g/mol. The summed E-state index contributed by atoms with van der Waals surface area (Å²) in [4.78, 5) is 0. The maximum atomic E-state index is 9.80. The second-order valence-electron chi connectivity index (χ2n) is 5.24. The van der Waals surface area contributed by atoms with Crippen LogP contribution in [-0.2, 0) is 0 Å². The maximum Gasteiger partial charge on any atom is 0.124 e. The Hall–Kier alpha value is -3.14. The number of hydrogen-bond donors (Lipinski definition) is 2. The normalized spacial score (nSPS) is 12.1. The third-order valence-electron chi connectivity index (χ3n) is 3.56. The second kappa shape index (κ2) is 6.32. The zero-order valence-corrected chi connectivity index (χ0v) is 12.6. The largest absolute Gasteiger partial charge is 0.508 e. The van der Waals surface area contributed by atoms with E-state index in [0.29, 0.717) is 11.3 Å².